The Balaban J connectivity index is 4.47. The molecule has 0 aromatic heterocycles. The highest BCUT2D eigenvalue weighted by Gasteiger charge is 2.19. The van der Waals surface area contributed by atoms with E-state index in [1.165, 1.54) is 44.9 Å². The fourth-order valence-electron chi connectivity index (χ4n) is 7.74. The second-order valence-corrected chi connectivity index (χ2v) is 19.5. The monoisotopic (exact) mass is 1050 g/mol. The molecule has 0 spiro atoms. The molecule has 1 unspecified atom stereocenters. The van der Waals surface area contributed by atoms with E-state index in [-0.39, 0.29) is 31.1 Å². The van der Waals surface area contributed by atoms with Crippen molar-refractivity contribution in [2.75, 3.05) is 13.2 Å². The molecule has 0 aliphatic rings. The fourth-order valence-corrected chi connectivity index (χ4v) is 7.74. The molecule has 0 heterocycles. The van der Waals surface area contributed by atoms with E-state index >= 15 is 0 Å². The lowest BCUT2D eigenvalue weighted by atomic mass is 10.1. The smallest absolute Gasteiger partial charge is 0.306 e. The van der Waals surface area contributed by atoms with Crippen LogP contribution in [0.15, 0.2) is 158 Å². The van der Waals surface area contributed by atoms with Gasteiger partial charge in [0.2, 0.25) is 0 Å². The average molecular weight is 1050 g/mol. The Bertz CT molecular complexity index is 1720. The predicted octanol–water partition coefficient (Wildman–Crippen LogP) is 20.9. The molecular weight excluding hydrogens is 937 g/mol. The van der Waals surface area contributed by atoms with E-state index in [2.05, 4.69) is 179 Å². The molecule has 76 heavy (non-hydrogen) atoms. The van der Waals surface area contributed by atoms with Gasteiger partial charge in [0.05, 0.1) is 0 Å². The summed E-state index contributed by atoms with van der Waals surface area (Å²) in [6, 6.07) is 0. The number of ether oxygens (including phenoxy) is 3. The summed E-state index contributed by atoms with van der Waals surface area (Å²) in [5.74, 6) is -0.983. The van der Waals surface area contributed by atoms with Gasteiger partial charge in [0, 0.05) is 19.3 Å². The van der Waals surface area contributed by atoms with Crippen LogP contribution in [0.2, 0.25) is 0 Å². The Morgan fingerprint density at radius 2 is 0.513 bits per heavy atom. The van der Waals surface area contributed by atoms with Crippen molar-refractivity contribution in [1.82, 2.24) is 0 Å². The third kappa shape index (κ3) is 59.9. The van der Waals surface area contributed by atoms with Crippen LogP contribution in [-0.2, 0) is 28.6 Å². The number of carbonyl (C=O) groups is 3. The number of allylic oxidation sites excluding steroid dienone is 26. The zero-order chi connectivity index (χ0) is 55.0. The molecule has 0 amide bonds. The van der Waals surface area contributed by atoms with Crippen molar-refractivity contribution in [2.45, 2.75) is 252 Å². The molecule has 0 aliphatic carbocycles. The largest absolute Gasteiger partial charge is 0.462 e. The first kappa shape index (κ1) is 71.0. The number of esters is 3. The van der Waals surface area contributed by atoms with Gasteiger partial charge >= 0.3 is 17.9 Å². The highest BCUT2D eigenvalue weighted by Crippen LogP contribution is 2.13. The van der Waals surface area contributed by atoms with Crippen molar-refractivity contribution in [2.24, 2.45) is 0 Å². The van der Waals surface area contributed by atoms with Gasteiger partial charge in [-0.3, -0.25) is 14.4 Å². The van der Waals surface area contributed by atoms with Gasteiger partial charge in [0.1, 0.15) is 13.2 Å². The van der Waals surface area contributed by atoms with Crippen molar-refractivity contribution in [3.63, 3.8) is 0 Å². The van der Waals surface area contributed by atoms with Crippen LogP contribution >= 0.6 is 0 Å². The van der Waals surface area contributed by atoms with Crippen LogP contribution in [0.1, 0.15) is 245 Å². The zero-order valence-corrected chi connectivity index (χ0v) is 48.7. The maximum absolute atomic E-state index is 12.9. The summed E-state index contributed by atoms with van der Waals surface area (Å²) < 4.78 is 16.8. The first-order valence-corrected chi connectivity index (χ1v) is 30.5. The molecule has 0 saturated carbocycles. The number of rotatable bonds is 53. The summed E-state index contributed by atoms with van der Waals surface area (Å²) in [7, 11) is 0. The van der Waals surface area contributed by atoms with E-state index in [1.807, 2.05) is 0 Å². The van der Waals surface area contributed by atoms with E-state index in [9.17, 15) is 14.4 Å². The Hall–Kier alpha value is -4.97. The highest BCUT2D eigenvalue weighted by molar-refractivity contribution is 5.71. The maximum Gasteiger partial charge on any atom is 0.306 e. The number of hydrogen-bond donors (Lipinski definition) is 0. The second-order valence-electron chi connectivity index (χ2n) is 19.5. The molecule has 0 aromatic carbocycles. The van der Waals surface area contributed by atoms with Gasteiger partial charge in [-0.1, -0.05) is 237 Å². The Morgan fingerprint density at radius 1 is 0.276 bits per heavy atom. The summed E-state index contributed by atoms with van der Waals surface area (Å²) in [6.07, 6.45) is 91.0. The van der Waals surface area contributed by atoms with Gasteiger partial charge in [0.25, 0.3) is 0 Å². The highest BCUT2D eigenvalue weighted by atomic mass is 16.6. The molecule has 6 nitrogen and oxygen atoms in total. The molecule has 0 aliphatic heterocycles. The molecule has 0 saturated heterocycles. The van der Waals surface area contributed by atoms with Gasteiger partial charge in [-0.25, -0.2) is 0 Å². The van der Waals surface area contributed by atoms with Crippen LogP contribution in [0.5, 0.6) is 0 Å². The summed E-state index contributed by atoms with van der Waals surface area (Å²) >= 11 is 0. The van der Waals surface area contributed by atoms with E-state index in [1.54, 1.807) is 0 Å². The van der Waals surface area contributed by atoms with Crippen molar-refractivity contribution in [3.8, 4) is 0 Å². The van der Waals surface area contributed by atoms with Crippen molar-refractivity contribution < 1.29 is 28.6 Å². The molecule has 1 atom stereocenters. The third-order valence-corrected chi connectivity index (χ3v) is 12.2. The Morgan fingerprint density at radius 3 is 0.842 bits per heavy atom. The minimum atomic E-state index is -0.816. The van der Waals surface area contributed by atoms with Crippen molar-refractivity contribution in [3.05, 3.63) is 158 Å². The van der Waals surface area contributed by atoms with E-state index in [0.717, 1.165) is 154 Å². The van der Waals surface area contributed by atoms with Gasteiger partial charge < -0.3 is 14.2 Å². The SMILES string of the molecule is CC/C=C\C/C=C\C/C=C\C/C=C\C/C=C\C/C=C\C/C=C\C/C=C\CCCCC(=O)OCC(COC(=O)CCCCCCC/C=C\CCCCC)OC(=O)CCCCCCCC/C=C\C/C=C\C/C=C\C/C=C\CC. The molecule has 426 valence electrons. The number of unbranched alkanes of at least 4 members (excludes halogenated alkanes) is 16. The third-order valence-electron chi connectivity index (χ3n) is 12.2. The minimum absolute atomic E-state index is 0.109. The number of carbonyl (C=O) groups excluding carboxylic acids is 3. The lowest BCUT2D eigenvalue weighted by Crippen LogP contribution is -2.30. The van der Waals surface area contributed by atoms with Crippen LogP contribution in [0, 0.1) is 0 Å². The van der Waals surface area contributed by atoms with Crippen LogP contribution in [-0.4, -0.2) is 37.2 Å². The van der Waals surface area contributed by atoms with Crippen molar-refractivity contribution in [1.29, 1.82) is 0 Å². The van der Waals surface area contributed by atoms with E-state index in [4.69, 9.17) is 14.2 Å². The summed E-state index contributed by atoms with van der Waals surface area (Å²) in [4.78, 5) is 38.2. The Labute approximate surface area is 467 Å². The standard InChI is InChI=1S/C70H110O6/c1-4-7-10-13-16-19-22-25-27-29-31-32-33-34-35-36-37-38-40-41-43-45-48-51-54-57-60-63-69(72)75-66-67(65-74-68(71)62-59-56-53-50-47-24-21-18-15-12-9-6-3)76-70(73)64-61-58-55-52-49-46-44-42-39-30-28-26-23-20-17-14-11-8-5-2/h7-8,10-11,16-21,25-28,31-32,34-35,37-39,41-43,48,51,67H,4-6,9,12-15,22-24,29-30,33,36,40,44-47,49-50,52-66H2,1-3H3/b10-7-,11-8-,19-16-,20-17-,21-18-,27-25-,28-26-,32-31-,35-34-,38-37-,42-39-,43-41-,51-48-. The minimum Gasteiger partial charge on any atom is -0.462 e. The van der Waals surface area contributed by atoms with Gasteiger partial charge in [0.15, 0.2) is 6.10 Å². The quantitative estimate of drug-likeness (QED) is 0.0261. The molecule has 0 aromatic rings. The number of hydrogen-bond acceptors (Lipinski definition) is 6. The predicted molar refractivity (Wildman–Crippen MR) is 329 cm³/mol. The molecule has 0 radical (unpaired) electrons. The zero-order valence-electron chi connectivity index (χ0n) is 48.7. The van der Waals surface area contributed by atoms with E-state index in [0.29, 0.717) is 25.7 Å². The maximum atomic E-state index is 12.9. The van der Waals surface area contributed by atoms with Crippen molar-refractivity contribution >= 4 is 17.9 Å². The first-order valence-electron chi connectivity index (χ1n) is 30.5. The molecule has 6 heteroatoms. The molecule has 0 bridgehead atoms. The van der Waals surface area contributed by atoms with Crippen LogP contribution < -0.4 is 0 Å². The lowest BCUT2D eigenvalue weighted by molar-refractivity contribution is -0.167. The molecule has 0 N–H and O–H groups in total. The van der Waals surface area contributed by atoms with Gasteiger partial charge in [-0.05, 0) is 148 Å². The first-order chi connectivity index (χ1) is 37.5. The second kappa shape index (κ2) is 62.6. The summed E-state index contributed by atoms with van der Waals surface area (Å²) in [5, 5.41) is 0. The fraction of sp³-hybridized carbons (Fsp3) is 0.586. The van der Waals surface area contributed by atoms with E-state index < -0.39 is 6.10 Å². The van der Waals surface area contributed by atoms with Crippen LogP contribution in [0.3, 0.4) is 0 Å². The normalized spacial score (nSPS) is 13.2. The Kier molecular flexibility index (Phi) is 58.5. The topological polar surface area (TPSA) is 78.9 Å². The summed E-state index contributed by atoms with van der Waals surface area (Å²) in [6.45, 7) is 6.32. The molecule has 0 rings (SSSR count). The van der Waals surface area contributed by atoms with Gasteiger partial charge in [-0.15, -0.1) is 0 Å². The average Bonchev–Trinajstić information content (AvgIpc) is 3.42. The summed E-state index contributed by atoms with van der Waals surface area (Å²) in [5.41, 5.74) is 0. The van der Waals surface area contributed by atoms with Crippen LogP contribution in [0.4, 0.5) is 0 Å². The lowest BCUT2D eigenvalue weighted by Gasteiger charge is -2.18. The van der Waals surface area contributed by atoms with Crippen LogP contribution in [0.25, 0.3) is 0 Å². The molecule has 0 fully saturated rings. The van der Waals surface area contributed by atoms with Gasteiger partial charge in [-0.2, -0.15) is 0 Å². The molecular formula is C70H110O6.